The predicted octanol–water partition coefficient (Wildman–Crippen LogP) is 3.65. The van der Waals surface area contributed by atoms with Crippen molar-refractivity contribution in [3.8, 4) is 0 Å². The second-order valence-corrected chi connectivity index (χ2v) is 5.93. The summed E-state index contributed by atoms with van der Waals surface area (Å²) in [6, 6.07) is 14.0. The van der Waals surface area contributed by atoms with Gasteiger partial charge >= 0.3 is 0 Å². The molecule has 1 aromatic carbocycles. The number of carbonyl (C=O) groups excluding carboxylic acids is 1. The smallest absolute Gasteiger partial charge is 0.238 e. The van der Waals surface area contributed by atoms with Gasteiger partial charge in [0.1, 0.15) is 5.82 Å². The molecule has 1 unspecified atom stereocenters. The highest BCUT2D eigenvalue weighted by atomic mass is 32.2. The molecule has 0 aliphatic carbocycles. The van der Waals surface area contributed by atoms with Gasteiger partial charge < -0.3 is 5.32 Å². The normalized spacial score (nSPS) is 11.9. The van der Waals surface area contributed by atoms with E-state index in [2.05, 4.69) is 22.4 Å². The molecule has 1 N–H and O–H groups in total. The van der Waals surface area contributed by atoms with Crippen LogP contribution < -0.4 is 5.32 Å². The lowest BCUT2D eigenvalue weighted by molar-refractivity contribution is -0.115. The first-order chi connectivity index (χ1) is 9.66. The number of aryl methyl sites for hydroxylation is 1. The van der Waals surface area contributed by atoms with Crippen LogP contribution in [0.25, 0.3) is 0 Å². The highest BCUT2D eigenvalue weighted by Gasteiger charge is 2.14. The van der Waals surface area contributed by atoms with Gasteiger partial charge in [-0.1, -0.05) is 36.4 Å². The Morgan fingerprint density at radius 2 is 2.00 bits per heavy atom. The van der Waals surface area contributed by atoms with E-state index in [0.717, 1.165) is 11.3 Å². The molecular weight excluding hydrogens is 268 g/mol. The Morgan fingerprint density at radius 3 is 2.70 bits per heavy atom. The van der Waals surface area contributed by atoms with E-state index in [0.29, 0.717) is 5.82 Å². The van der Waals surface area contributed by atoms with Gasteiger partial charge in [0, 0.05) is 11.9 Å². The van der Waals surface area contributed by atoms with Gasteiger partial charge in [-0.15, -0.1) is 11.8 Å². The summed E-state index contributed by atoms with van der Waals surface area (Å²) in [4.78, 5) is 16.3. The van der Waals surface area contributed by atoms with Crippen molar-refractivity contribution in [3.05, 3.63) is 59.8 Å². The molecule has 0 spiro atoms. The van der Waals surface area contributed by atoms with Gasteiger partial charge in [0.05, 0.1) is 5.25 Å². The van der Waals surface area contributed by atoms with Crippen molar-refractivity contribution in [2.24, 2.45) is 0 Å². The summed E-state index contributed by atoms with van der Waals surface area (Å²) in [6.07, 6.45) is 1.68. The fourth-order valence-corrected chi connectivity index (χ4v) is 2.55. The number of rotatable bonds is 5. The van der Waals surface area contributed by atoms with E-state index >= 15 is 0 Å². The number of thioether (sulfide) groups is 1. The van der Waals surface area contributed by atoms with Crippen LogP contribution in [-0.4, -0.2) is 16.1 Å². The van der Waals surface area contributed by atoms with Gasteiger partial charge in [0.2, 0.25) is 5.91 Å². The number of hydrogen-bond donors (Lipinski definition) is 1. The van der Waals surface area contributed by atoms with Gasteiger partial charge in [0.25, 0.3) is 0 Å². The summed E-state index contributed by atoms with van der Waals surface area (Å²) < 4.78 is 0. The molecule has 1 atom stereocenters. The second kappa shape index (κ2) is 7.10. The molecule has 1 heterocycles. The number of amides is 1. The van der Waals surface area contributed by atoms with E-state index < -0.39 is 0 Å². The highest BCUT2D eigenvalue weighted by molar-refractivity contribution is 7.99. The quantitative estimate of drug-likeness (QED) is 0.912. The minimum atomic E-state index is -0.114. The van der Waals surface area contributed by atoms with Crippen LogP contribution in [0.15, 0.2) is 48.7 Å². The number of aromatic nitrogens is 1. The topological polar surface area (TPSA) is 42.0 Å². The molecular formula is C16H18N2OS. The highest BCUT2D eigenvalue weighted by Crippen LogP contribution is 2.19. The van der Waals surface area contributed by atoms with Crippen LogP contribution in [0.4, 0.5) is 5.82 Å². The van der Waals surface area contributed by atoms with Crippen LogP contribution in [-0.2, 0) is 10.5 Å². The third-order valence-electron chi connectivity index (χ3n) is 2.96. The SMILES string of the molecule is Cc1cccnc1NC(=O)C(C)SCc1ccccc1. The second-order valence-electron chi connectivity index (χ2n) is 4.60. The fourth-order valence-electron chi connectivity index (χ4n) is 1.71. The molecule has 0 saturated carbocycles. The largest absolute Gasteiger partial charge is 0.310 e. The molecule has 0 aliphatic heterocycles. The monoisotopic (exact) mass is 286 g/mol. The summed E-state index contributed by atoms with van der Waals surface area (Å²) in [6.45, 7) is 3.85. The van der Waals surface area contributed by atoms with Crippen LogP contribution in [0.5, 0.6) is 0 Å². The molecule has 0 bridgehead atoms. The van der Waals surface area contributed by atoms with Crippen molar-refractivity contribution in [2.45, 2.75) is 24.9 Å². The van der Waals surface area contributed by atoms with E-state index in [4.69, 9.17) is 0 Å². The van der Waals surface area contributed by atoms with Crippen LogP contribution >= 0.6 is 11.8 Å². The van der Waals surface area contributed by atoms with Gasteiger partial charge in [-0.05, 0) is 31.0 Å². The van der Waals surface area contributed by atoms with Gasteiger partial charge in [-0.2, -0.15) is 0 Å². The van der Waals surface area contributed by atoms with E-state index in [1.807, 2.05) is 44.2 Å². The average molecular weight is 286 g/mol. The van der Waals surface area contributed by atoms with E-state index in [9.17, 15) is 4.79 Å². The van der Waals surface area contributed by atoms with Crippen LogP contribution in [0.1, 0.15) is 18.1 Å². The number of carbonyl (C=O) groups is 1. The summed E-state index contributed by atoms with van der Waals surface area (Å²) in [7, 11) is 0. The Labute approximate surface area is 123 Å². The Hall–Kier alpha value is -1.81. The first-order valence-electron chi connectivity index (χ1n) is 6.55. The zero-order valence-corrected chi connectivity index (χ0v) is 12.5. The molecule has 2 rings (SSSR count). The van der Waals surface area contributed by atoms with Crippen molar-refractivity contribution >= 4 is 23.5 Å². The predicted molar refractivity (Wildman–Crippen MR) is 84.8 cm³/mol. The molecule has 20 heavy (non-hydrogen) atoms. The fraction of sp³-hybridized carbons (Fsp3) is 0.250. The molecule has 0 fully saturated rings. The minimum absolute atomic E-state index is 0.00673. The summed E-state index contributed by atoms with van der Waals surface area (Å²) in [5.41, 5.74) is 2.20. The van der Waals surface area contributed by atoms with Crippen LogP contribution in [0, 0.1) is 6.92 Å². The summed E-state index contributed by atoms with van der Waals surface area (Å²) in [5.74, 6) is 1.47. The molecule has 1 amide bonds. The van der Waals surface area contributed by atoms with E-state index in [1.165, 1.54) is 5.56 Å². The Kier molecular flexibility index (Phi) is 5.18. The number of nitrogens with one attached hydrogen (secondary N) is 1. The first-order valence-corrected chi connectivity index (χ1v) is 7.59. The summed E-state index contributed by atoms with van der Waals surface area (Å²) in [5, 5.41) is 2.76. The average Bonchev–Trinajstić information content (AvgIpc) is 2.48. The maximum absolute atomic E-state index is 12.1. The van der Waals surface area contributed by atoms with Crippen molar-refractivity contribution in [3.63, 3.8) is 0 Å². The van der Waals surface area contributed by atoms with Gasteiger partial charge in [0.15, 0.2) is 0 Å². The molecule has 0 radical (unpaired) electrons. The number of anilines is 1. The van der Waals surface area contributed by atoms with Crippen LogP contribution in [0.3, 0.4) is 0 Å². The third-order valence-corrected chi connectivity index (χ3v) is 4.18. The Balaban J connectivity index is 1.88. The maximum Gasteiger partial charge on any atom is 0.238 e. The van der Waals surface area contributed by atoms with Crippen molar-refractivity contribution in [1.82, 2.24) is 4.98 Å². The Morgan fingerprint density at radius 1 is 1.25 bits per heavy atom. The molecule has 4 heteroatoms. The molecule has 0 aliphatic rings. The molecule has 1 aromatic heterocycles. The zero-order chi connectivity index (χ0) is 14.4. The van der Waals surface area contributed by atoms with Crippen molar-refractivity contribution in [2.75, 3.05) is 5.32 Å². The van der Waals surface area contributed by atoms with Gasteiger partial charge in [-0.25, -0.2) is 4.98 Å². The molecule has 3 nitrogen and oxygen atoms in total. The minimum Gasteiger partial charge on any atom is -0.310 e. The first kappa shape index (κ1) is 14.6. The standard InChI is InChI=1S/C16H18N2OS/c1-12-7-6-10-17-15(12)18-16(19)13(2)20-11-14-8-4-3-5-9-14/h3-10,13H,11H2,1-2H3,(H,17,18,19). The number of nitrogens with zero attached hydrogens (tertiary/aromatic N) is 1. The lowest BCUT2D eigenvalue weighted by atomic mass is 10.2. The van der Waals surface area contributed by atoms with E-state index in [-0.39, 0.29) is 11.2 Å². The number of pyridine rings is 1. The Bertz CT molecular complexity index is 572. The lowest BCUT2D eigenvalue weighted by Crippen LogP contribution is -2.23. The molecule has 104 valence electrons. The van der Waals surface area contributed by atoms with Crippen molar-refractivity contribution in [1.29, 1.82) is 0 Å². The molecule has 0 saturated heterocycles. The number of benzene rings is 1. The third kappa shape index (κ3) is 4.10. The van der Waals surface area contributed by atoms with Crippen molar-refractivity contribution < 1.29 is 4.79 Å². The molecule has 2 aromatic rings. The van der Waals surface area contributed by atoms with Gasteiger partial charge in [-0.3, -0.25) is 4.79 Å². The lowest BCUT2D eigenvalue weighted by Gasteiger charge is -2.12. The number of hydrogen-bond acceptors (Lipinski definition) is 3. The zero-order valence-electron chi connectivity index (χ0n) is 11.7. The summed E-state index contributed by atoms with van der Waals surface area (Å²) >= 11 is 1.62. The van der Waals surface area contributed by atoms with E-state index in [1.54, 1.807) is 18.0 Å². The maximum atomic E-state index is 12.1. The van der Waals surface area contributed by atoms with Crippen LogP contribution in [0.2, 0.25) is 0 Å².